The topological polar surface area (TPSA) is 96.1 Å². The molecule has 3 aromatic rings. The van der Waals surface area contributed by atoms with Crippen LogP contribution in [-0.2, 0) is 16.0 Å². The van der Waals surface area contributed by atoms with Crippen molar-refractivity contribution >= 4 is 23.2 Å². The van der Waals surface area contributed by atoms with Crippen molar-refractivity contribution in [2.45, 2.75) is 20.3 Å². The molecule has 27 heavy (non-hydrogen) atoms. The number of hydrogen-bond donors (Lipinski definition) is 3. The maximum atomic E-state index is 12.2. The second-order valence-electron chi connectivity index (χ2n) is 6.12. The number of ether oxygens (including phenoxy) is 1. The minimum absolute atomic E-state index is 0.126. The summed E-state index contributed by atoms with van der Waals surface area (Å²) in [5.74, 6) is 0.870. The number of rotatable bonds is 6. The summed E-state index contributed by atoms with van der Waals surface area (Å²) in [6.45, 7) is 3.35. The Morgan fingerprint density at radius 2 is 1.63 bits per heavy atom. The average molecular weight is 364 g/mol. The zero-order chi connectivity index (χ0) is 19.2. The highest BCUT2D eigenvalue weighted by Gasteiger charge is 2.06. The molecule has 1 heterocycles. The van der Waals surface area contributed by atoms with Gasteiger partial charge in [-0.05, 0) is 48.9 Å². The molecule has 3 N–H and O–H groups in total. The Morgan fingerprint density at radius 1 is 1.00 bits per heavy atom. The van der Waals surface area contributed by atoms with Crippen molar-refractivity contribution < 1.29 is 14.3 Å². The van der Waals surface area contributed by atoms with Crippen molar-refractivity contribution in [3.8, 4) is 11.6 Å². The molecule has 0 atom stereocenters. The van der Waals surface area contributed by atoms with Gasteiger partial charge in [-0.25, -0.2) is 0 Å². The van der Waals surface area contributed by atoms with Gasteiger partial charge in [-0.15, -0.1) is 5.10 Å². The number of aromatic nitrogens is 2. The fourth-order valence-corrected chi connectivity index (χ4v) is 2.47. The highest BCUT2D eigenvalue weighted by Crippen LogP contribution is 2.22. The van der Waals surface area contributed by atoms with E-state index < -0.39 is 0 Å². The van der Waals surface area contributed by atoms with Crippen LogP contribution >= 0.6 is 0 Å². The minimum Gasteiger partial charge on any atom is -0.438 e. The Hall–Kier alpha value is -3.61. The number of benzene rings is 2. The van der Waals surface area contributed by atoms with E-state index in [1.807, 2.05) is 19.1 Å². The lowest BCUT2D eigenvalue weighted by molar-refractivity contribution is -0.116. The fraction of sp³-hybridized carbons (Fsp3) is 0.150. The number of amides is 2. The lowest BCUT2D eigenvalue weighted by Crippen LogP contribution is -2.14. The predicted molar refractivity (Wildman–Crippen MR) is 103 cm³/mol. The summed E-state index contributed by atoms with van der Waals surface area (Å²) >= 11 is 0. The van der Waals surface area contributed by atoms with Crippen molar-refractivity contribution in [2.24, 2.45) is 0 Å². The van der Waals surface area contributed by atoms with E-state index >= 15 is 0 Å². The fourth-order valence-electron chi connectivity index (χ4n) is 2.47. The third-order valence-corrected chi connectivity index (χ3v) is 3.68. The number of aromatic amines is 1. The summed E-state index contributed by atoms with van der Waals surface area (Å²) in [7, 11) is 0. The van der Waals surface area contributed by atoms with E-state index in [1.165, 1.54) is 6.92 Å². The number of nitrogens with zero attached hydrogens (tertiary/aromatic N) is 1. The van der Waals surface area contributed by atoms with Crippen LogP contribution in [0.5, 0.6) is 11.6 Å². The third kappa shape index (κ3) is 5.43. The largest absolute Gasteiger partial charge is 0.438 e. The molecule has 7 nitrogen and oxygen atoms in total. The zero-order valence-electron chi connectivity index (χ0n) is 15.1. The summed E-state index contributed by atoms with van der Waals surface area (Å²) in [5, 5.41) is 12.4. The molecule has 0 saturated carbocycles. The molecule has 0 bridgehead atoms. The van der Waals surface area contributed by atoms with Gasteiger partial charge in [0.2, 0.25) is 17.7 Å². The molecule has 0 aliphatic carbocycles. The second kappa shape index (κ2) is 8.18. The maximum Gasteiger partial charge on any atom is 0.238 e. The SMILES string of the molecule is CC(=O)Nc1ccc(CC(=O)Nc2ccc(Oc3cc(C)[nH]n3)cc2)cc1. The van der Waals surface area contributed by atoms with Crippen LogP contribution in [0.3, 0.4) is 0 Å². The van der Waals surface area contributed by atoms with Gasteiger partial charge in [-0.1, -0.05) is 12.1 Å². The first-order valence-corrected chi connectivity index (χ1v) is 8.44. The van der Waals surface area contributed by atoms with Crippen LogP contribution in [0, 0.1) is 6.92 Å². The average Bonchev–Trinajstić information content (AvgIpc) is 3.03. The Labute approximate surface area is 156 Å². The number of nitrogens with one attached hydrogen (secondary N) is 3. The van der Waals surface area contributed by atoms with Gasteiger partial charge in [0.05, 0.1) is 6.42 Å². The van der Waals surface area contributed by atoms with Crippen molar-refractivity contribution in [2.75, 3.05) is 10.6 Å². The molecule has 7 heteroatoms. The van der Waals surface area contributed by atoms with E-state index in [1.54, 1.807) is 42.5 Å². The monoisotopic (exact) mass is 364 g/mol. The first kappa shape index (κ1) is 18.2. The van der Waals surface area contributed by atoms with Gasteiger partial charge in [-0.2, -0.15) is 0 Å². The van der Waals surface area contributed by atoms with E-state index in [9.17, 15) is 9.59 Å². The molecule has 2 amide bonds. The Balaban J connectivity index is 1.53. The maximum absolute atomic E-state index is 12.2. The molecule has 0 fully saturated rings. The molecule has 0 unspecified atom stereocenters. The lowest BCUT2D eigenvalue weighted by atomic mass is 10.1. The summed E-state index contributed by atoms with van der Waals surface area (Å²) in [5.41, 5.74) is 3.16. The van der Waals surface area contributed by atoms with E-state index in [4.69, 9.17) is 4.74 Å². The molecular formula is C20H20N4O3. The van der Waals surface area contributed by atoms with Crippen LogP contribution in [0.1, 0.15) is 18.2 Å². The molecule has 0 radical (unpaired) electrons. The smallest absolute Gasteiger partial charge is 0.238 e. The van der Waals surface area contributed by atoms with Crippen LogP contribution < -0.4 is 15.4 Å². The lowest BCUT2D eigenvalue weighted by Gasteiger charge is -2.08. The highest BCUT2D eigenvalue weighted by molar-refractivity contribution is 5.92. The Morgan fingerprint density at radius 3 is 2.22 bits per heavy atom. The number of H-pyrrole nitrogens is 1. The standard InChI is InChI=1S/C20H20N4O3/c1-13-11-20(24-23-13)27-18-9-7-17(8-10-18)22-19(26)12-15-3-5-16(6-4-15)21-14(2)25/h3-11H,12H2,1-2H3,(H,21,25)(H,22,26)(H,23,24). The second-order valence-corrected chi connectivity index (χ2v) is 6.12. The number of carbonyl (C=O) groups excluding carboxylic acids is 2. The molecule has 0 saturated heterocycles. The van der Waals surface area contributed by atoms with E-state index in [-0.39, 0.29) is 18.2 Å². The van der Waals surface area contributed by atoms with Gasteiger partial charge in [0, 0.05) is 30.1 Å². The first-order valence-electron chi connectivity index (χ1n) is 8.44. The molecule has 138 valence electrons. The zero-order valence-corrected chi connectivity index (χ0v) is 15.1. The van der Waals surface area contributed by atoms with Crippen molar-refractivity contribution in [3.63, 3.8) is 0 Å². The van der Waals surface area contributed by atoms with Gasteiger partial charge < -0.3 is 15.4 Å². The van der Waals surface area contributed by atoms with Crippen molar-refractivity contribution in [1.29, 1.82) is 0 Å². The minimum atomic E-state index is -0.129. The molecule has 2 aromatic carbocycles. The first-order chi connectivity index (χ1) is 13.0. The summed E-state index contributed by atoms with van der Waals surface area (Å²) in [6, 6.07) is 16.0. The molecule has 0 aliphatic rings. The molecule has 0 aliphatic heterocycles. The van der Waals surface area contributed by atoms with E-state index in [0.717, 1.165) is 11.3 Å². The Kier molecular flexibility index (Phi) is 5.51. The van der Waals surface area contributed by atoms with E-state index in [2.05, 4.69) is 20.8 Å². The third-order valence-electron chi connectivity index (χ3n) is 3.68. The van der Waals surface area contributed by atoms with Gasteiger partial charge in [0.1, 0.15) is 5.75 Å². The summed E-state index contributed by atoms with van der Waals surface area (Å²) in [4.78, 5) is 23.2. The molecule has 1 aromatic heterocycles. The van der Waals surface area contributed by atoms with Crippen LogP contribution in [0.2, 0.25) is 0 Å². The number of anilines is 2. The highest BCUT2D eigenvalue weighted by atomic mass is 16.5. The summed E-state index contributed by atoms with van der Waals surface area (Å²) in [6.07, 6.45) is 0.241. The molecule has 0 spiro atoms. The van der Waals surface area contributed by atoms with Crippen molar-refractivity contribution in [1.82, 2.24) is 10.2 Å². The van der Waals surface area contributed by atoms with Gasteiger partial charge in [0.25, 0.3) is 0 Å². The quantitative estimate of drug-likeness (QED) is 0.622. The Bertz CT molecular complexity index is 931. The van der Waals surface area contributed by atoms with Gasteiger partial charge in [0.15, 0.2) is 0 Å². The predicted octanol–water partition coefficient (Wildman–Crippen LogP) is 3.65. The molecular weight excluding hydrogens is 344 g/mol. The van der Waals surface area contributed by atoms with Gasteiger partial charge in [-0.3, -0.25) is 14.7 Å². The number of carbonyl (C=O) groups is 2. The summed E-state index contributed by atoms with van der Waals surface area (Å²) < 4.78 is 5.61. The number of hydrogen-bond acceptors (Lipinski definition) is 4. The van der Waals surface area contributed by atoms with Crippen LogP contribution in [0.4, 0.5) is 11.4 Å². The molecule has 3 rings (SSSR count). The van der Waals surface area contributed by atoms with Gasteiger partial charge >= 0.3 is 0 Å². The normalized spacial score (nSPS) is 10.3. The van der Waals surface area contributed by atoms with Crippen LogP contribution in [-0.4, -0.2) is 22.0 Å². The number of aryl methyl sites for hydroxylation is 1. The van der Waals surface area contributed by atoms with Crippen LogP contribution in [0.15, 0.2) is 54.6 Å². The van der Waals surface area contributed by atoms with E-state index in [0.29, 0.717) is 23.0 Å². The van der Waals surface area contributed by atoms with Crippen LogP contribution in [0.25, 0.3) is 0 Å². The van der Waals surface area contributed by atoms with Crippen molar-refractivity contribution in [3.05, 3.63) is 65.9 Å².